The van der Waals surface area contributed by atoms with Gasteiger partial charge in [0.25, 0.3) is 5.91 Å². The molecule has 1 aromatic rings. The van der Waals surface area contributed by atoms with E-state index in [1.54, 1.807) is 13.3 Å². The van der Waals surface area contributed by atoms with Crippen LogP contribution in [0.3, 0.4) is 0 Å². The summed E-state index contributed by atoms with van der Waals surface area (Å²) in [6.45, 7) is 2.86. The molecule has 156 valence electrons. The summed E-state index contributed by atoms with van der Waals surface area (Å²) < 4.78 is 1.000. The first-order valence-electron chi connectivity index (χ1n) is 9.98. The minimum atomic E-state index is -0.544. The topological polar surface area (TPSA) is 89.4 Å². The molecular formula is C20H27BrN6O2. The van der Waals surface area contributed by atoms with E-state index in [-0.39, 0.29) is 5.91 Å². The molecule has 29 heavy (non-hydrogen) atoms. The molecule has 0 radical (unpaired) electrons. The second-order valence-corrected chi connectivity index (χ2v) is 8.16. The molecule has 2 aliphatic rings. The van der Waals surface area contributed by atoms with Gasteiger partial charge in [-0.05, 0) is 24.1 Å². The maximum atomic E-state index is 12.5. The zero-order valence-electron chi connectivity index (χ0n) is 16.8. The molecule has 3 rings (SSSR count). The predicted molar refractivity (Wildman–Crippen MR) is 117 cm³/mol. The molecule has 0 spiro atoms. The molecule has 1 aromatic carbocycles. The molecule has 0 saturated carbocycles. The maximum Gasteiger partial charge on any atom is 0.325 e. The molecule has 3 amide bonds. The summed E-state index contributed by atoms with van der Waals surface area (Å²) in [5.41, 5.74) is 3.91. The van der Waals surface area contributed by atoms with Gasteiger partial charge >= 0.3 is 6.03 Å². The van der Waals surface area contributed by atoms with Crippen LogP contribution in [-0.4, -0.2) is 59.7 Å². The first kappa shape index (κ1) is 21.3. The van der Waals surface area contributed by atoms with Crippen LogP contribution in [0.25, 0.3) is 0 Å². The minimum Gasteiger partial charge on any atom is -0.326 e. The standard InChI is InChI=1S/C20H27BrN6O2/c1-3-4-5-6-7-12-27-16-17(26(2)20(29)24-18(16)28)23-19(27)25-22-13-14-8-10-15(21)11-9-14/h8-11,13,16-17H,3-7,12H2,1-2H3,(H,23,25)(H,24,28,29)/b22-13-. The SMILES string of the molecule is CCCCCCCN1C(N/N=C\c2ccc(Br)cc2)=NC2C1C(=O)NC(=O)N2C. The molecule has 2 heterocycles. The van der Waals surface area contributed by atoms with E-state index in [4.69, 9.17) is 0 Å². The van der Waals surface area contributed by atoms with Crippen LogP contribution in [0.1, 0.15) is 44.6 Å². The average Bonchev–Trinajstić information content (AvgIpc) is 3.07. The molecule has 8 nitrogen and oxygen atoms in total. The van der Waals surface area contributed by atoms with Gasteiger partial charge in [0, 0.05) is 18.1 Å². The number of halogens is 1. The third-order valence-corrected chi connectivity index (χ3v) is 5.64. The number of imide groups is 1. The molecule has 0 bridgehead atoms. The van der Waals surface area contributed by atoms with Gasteiger partial charge in [0.15, 0.2) is 12.2 Å². The summed E-state index contributed by atoms with van der Waals surface area (Å²) in [6.07, 6.45) is 6.76. The monoisotopic (exact) mass is 462 g/mol. The Labute approximate surface area is 179 Å². The van der Waals surface area contributed by atoms with Crippen LogP contribution in [0, 0.1) is 0 Å². The van der Waals surface area contributed by atoms with Crippen LogP contribution >= 0.6 is 15.9 Å². The number of hydrogen-bond acceptors (Lipinski definition) is 6. The molecule has 1 fully saturated rings. The lowest BCUT2D eigenvalue weighted by molar-refractivity contribution is -0.127. The van der Waals surface area contributed by atoms with Crippen LogP contribution in [0.4, 0.5) is 4.79 Å². The minimum absolute atomic E-state index is 0.316. The normalized spacial score (nSPS) is 21.4. The number of hydrazone groups is 1. The molecule has 1 saturated heterocycles. The van der Waals surface area contributed by atoms with Crippen molar-refractivity contribution in [1.82, 2.24) is 20.5 Å². The fraction of sp³-hybridized carbons (Fsp3) is 0.500. The maximum absolute atomic E-state index is 12.5. The molecule has 0 aliphatic carbocycles. The van der Waals surface area contributed by atoms with Crippen LogP contribution < -0.4 is 10.7 Å². The molecule has 0 aromatic heterocycles. The van der Waals surface area contributed by atoms with Gasteiger partial charge in [0.2, 0.25) is 5.96 Å². The second kappa shape index (κ2) is 9.87. The number of guanidine groups is 1. The van der Waals surface area contributed by atoms with Crippen molar-refractivity contribution in [1.29, 1.82) is 0 Å². The lowest BCUT2D eigenvalue weighted by atomic mass is 10.1. The number of carbonyl (C=O) groups excluding carboxylic acids is 2. The number of nitrogens with one attached hydrogen (secondary N) is 2. The van der Waals surface area contributed by atoms with E-state index in [0.717, 1.165) is 22.9 Å². The van der Waals surface area contributed by atoms with Gasteiger partial charge < -0.3 is 9.80 Å². The Bertz CT molecular complexity index is 795. The van der Waals surface area contributed by atoms with Crippen molar-refractivity contribution >= 4 is 40.0 Å². The van der Waals surface area contributed by atoms with Crippen molar-refractivity contribution in [2.75, 3.05) is 13.6 Å². The number of nitrogens with zero attached hydrogens (tertiary/aromatic N) is 4. The van der Waals surface area contributed by atoms with E-state index in [1.807, 2.05) is 29.2 Å². The van der Waals surface area contributed by atoms with Crippen molar-refractivity contribution in [3.05, 3.63) is 34.3 Å². The Morgan fingerprint density at radius 2 is 1.93 bits per heavy atom. The third-order valence-electron chi connectivity index (χ3n) is 5.11. The summed E-state index contributed by atoms with van der Waals surface area (Å²) in [6, 6.07) is 6.80. The molecule has 2 atom stereocenters. The van der Waals surface area contributed by atoms with Gasteiger partial charge in [-0.25, -0.2) is 15.2 Å². The Hall–Kier alpha value is -2.42. The first-order valence-corrected chi connectivity index (χ1v) is 10.8. The quantitative estimate of drug-likeness (QED) is 0.353. The van der Waals surface area contributed by atoms with Crippen molar-refractivity contribution in [3.63, 3.8) is 0 Å². The summed E-state index contributed by atoms with van der Waals surface area (Å²) in [7, 11) is 1.65. The first-order chi connectivity index (χ1) is 14.0. The highest BCUT2D eigenvalue weighted by molar-refractivity contribution is 9.10. The van der Waals surface area contributed by atoms with Crippen molar-refractivity contribution < 1.29 is 9.59 Å². The summed E-state index contributed by atoms with van der Waals surface area (Å²) in [5.74, 6) is 0.199. The Morgan fingerprint density at radius 1 is 1.21 bits per heavy atom. The van der Waals surface area contributed by atoms with Gasteiger partial charge in [-0.3, -0.25) is 10.1 Å². The predicted octanol–water partition coefficient (Wildman–Crippen LogP) is 2.89. The Kier molecular flexibility index (Phi) is 7.24. The summed E-state index contributed by atoms with van der Waals surface area (Å²) in [5, 5.41) is 6.70. The van der Waals surface area contributed by atoms with E-state index in [2.05, 4.69) is 43.7 Å². The number of carbonyl (C=O) groups is 2. The van der Waals surface area contributed by atoms with Crippen molar-refractivity contribution in [2.45, 2.75) is 51.2 Å². The summed E-state index contributed by atoms with van der Waals surface area (Å²) >= 11 is 3.41. The number of fused-ring (bicyclic) bond motifs is 1. The van der Waals surface area contributed by atoms with Gasteiger partial charge in [-0.2, -0.15) is 5.10 Å². The number of likely N-dealkylation sites (N-methyl/N-ethyl adjacent to an activating group) is 1. The lowest BCUT2D eigenvalue weighted by Gasteiger charge is -2.36. The molecule has 2 unspecified atom stereocenters. The molecule has 2 aliphatic heterocycles. The average molecular weight is 463 g/mol. The number of rotatable bonds is 8. The van der Waals surface area contributed by atoms with Crippen LogP contribution in [0.2, 0.25) is 0 Å². The zero-order chi connectivity index (χ0) is 20.8. The zero-order valence-corrected chi connectivity index (χ0v) is 18.4. The third kappa shape index (κ3) is 5.14. The number of unbranched alkanes of at least 4 members (excludes halogenated alkanes) is 4. The van der Waals surface area contributed by atoms with E-state index in [0.29, 0.717) is 12.5 Å². The van der Waals surface area contributed by atoms with Crippen molar-refractivity contribution in [3.8, 4) is 0 Å². The van der Waals surface area contributed by atoms with Crippen LogP contribution in [0.15, 0.2) is 38.8 Å². The van der Waals surface area contributed by atoms with E-state index < -0.39 is 18.2 Å². The van der Waals surface area contributed by atoms with Gasteiger partial charge in [-0.15, -0.1) is 0 Å². The molecular weight excluding hydrogens is 436 g/mol. The number of aliphatic imine (C=N–C) groups is 1. The highest BCUT2D eigenvalue weighted by atomic mass is 79.9. The highest BCUT2D eigenvalue weighted by Gasteiger charge is 2.48. The van der Waals surface area contributed by atoms with Gasteiger partial charge in [0.1, 0.15) is 0 Å². The number of benzene rings is 1. The summed E-state index contributed by atoms with van der Waals surface area (Å²) in [4.78, 5) is 32.5. The number of amides is 3. The van der Waals surface area contributed by atoms with Crippen LogP contribution in [0.5, 0.6) is 0 Å². The molecule has 9 heteroatoms. The second-order valence-electron chi connectivity index (χ2n) is 7.25. The Morgan fingerprint density at radius 3 is 2.66 bits per heavy atom. The lowest BCUT2D eigenvalue weighted by Crippen LogP contribution is -2.64. The fourth-order valence-corrected chi connectivity index (χ4v) is 3.73. The number of urea groups is 1. The largest absolute Gasteiger partial charge is 0.326 e. The fourth-order valence-electron chi connectivity index (χ4n) is 3.46. The molecule has 2 N–H and O–H groups in total. The van der Waals surface area contributed by atoms with E-state index in [1.165, 1.54) is 24.2 Å². The van der Waals surface area contributed by atoms with E-state index in [9.17, 15) is 9.59 Å². The highest BCUT2D eigenvalue weighted by Crippen LogP contribution is 2.24. The van der Waals surface area contributed by atoms with Crippen molar-refractivity contribution in [2.24, 2.45) is 10.1 Å². The Balaban J connectivity index is 1.70. The van der Waals surface area contributed by atoms with E-state index >= 15 is 0 Å². The van der Waals surface area contributed by atoms with Gasteiger partial charge in [-0.1, -0.05) is 60.7 Å². The number of hydrogen-bond donors (Lipinski definition) is 2. The van der Waals surface area contributed by atoms with Crippen LogP contribution in [-0.2, 0) is 4.79 Å². The van der Waals surface area contributed by atoms with Gasteiger partial charge in [0.05, 0.1) is 6.21 Å². The smallest absolute Gasteiger partial charge is 0.325 e.